The molecule has 208 valence electrons. The third kappa shape index (κ3) is 5.57. The molecule has 3 amide bonds. The molecule has 4 aliphatic heterocycles. The van der Waals surface area contributed by atoms with Crippen LogP contribution in [0.4, 0.5) is 5.69 Å². The SMILES string of the molecule is NC1CCN(S(=O)(=O)CCC(O)N2CCN(c3ccc4c(c3)C(=O)N(C3CCC(=O)NC3=O)C4)CC2)CC1. The van der Waals surface area contributed by atoms with Crippen molar-refractivity contribution in [3.05, 3.63) is 29.3 Å². The number of piperazine rings is 1. The van der Waals surface area contributed by atoms with E-state index in [1.165, 1.54) is 9.21 Å². The molecule has 0 radical (unpaired) electrons. The standard InChI is InChI=1S/C25H36N6O6S/c26-18-5-8-30(9-6-18)38(36,37)14-7-23(33)29-12-10-28(11-13-29)19-2-1-17-16-31(25(35)20(17)15-19)21-3-4-22(32)27-24(21)34/h1-2,15,18,21,23,33H,3-14,16,26H2,(H,27,32,34). The fourth-order valence-corrected chi connectivity index (χ4v) is 7.27. The molecule has 4 heterocycles. The summed E-state index contributed by atoms with van der Waals surface area (Å²) in [6, 6.07) is 5.14. The highest BCUT2D eigenvalue weighted by molar-refractivity contribution is 7.89. The Labute approximate surface area is 222 Å². The largest absolute Gasteiger partial charge is 0.378 e. The molecule has 13 heteroatoms. The Bertz CT molecular complexity index is 1190. The number of carbonyl (C=O) groups excluding carboxylic acids is 3. The van der Waals surface area contributed by atoms with Crippen LogP contribution in [0.3, 0.4) is 0 Å². The predicted molar refractivity (Wildman–Crippen MR) is 139 cm³/mol. The quantitative estimate of drug-likeness (QED) is 0.365. The van der Waals surface area contributed by atoms with Crippen molar-refractivity contribution in [1.82, 2.24) is 19.4 Å². The van der Waals surface area contributed by atoms with Gasteiger partial charge in [-0.15, -0.1) is 0 Å². The summed E-state index contributed by atoms with van der Waals surface area (Å²) >= 11 is 0. The molecular weight excluding hydrogens is 512 g/mol. The van der Waals surface area contributed by atoms with Gasteiger partial charge in [-0.25, -0.2) is 12.7 Å². The van der Waals surface area contributed by atoms with E-state index in [1.807, 2.05) is 23.1 Å². The summed E-state index contributed by atoms with van der Waals surface area (Å²) in [5.41, 5.74) is 8.19. The minimum atomic E-state index is -3.42. The van der Waals surface area contributed by atoms with Gasteiger partial charge in [0.15, 0.2) is 0 Å². The molecule has 1 aromatic rings. The second-order valence-electron chi connectivity index (χ2n) is 10.6. The van der Waals surface area contributed by atoms with Crippen LogP contribution in [0.25, 0.3) is 0 Å². The fraction of sp³-hybridized carbons (Fsp3) is 0.640. The van der Waals surface area contributed by atoms with Crippen LogP contribution in [0, 0.1) is 0 Å². The number of aliphatic hydroxyl groups excluding tert-OH is 1. The van der Waals surface area contributed by atoms with Crippen LogP contribution in [0.2, 0.25) is 0 Å². The monoisotopic (exact) mass is 548 g/mol. The Kier molecular flexibility index (Phi) is 7.74. The number of hydrogen-bond donors (Lipinski definition) is 3. The van der Waals surface area contributed by atoms with Gasteiger partial charge in [0.25, 0.3) is 5.91 Å². The van der Waals surface area contributed by atoms with Crippen molar-refractivity contribution in [2.75, 3.05) is 49.9 Å². The van der Waals surface area contributed by atoms with Crippen LogP contribution >= 0.6 is 0 Å². The highest BCUT2D eigenvalue weighted by Gasteiger charge is 2.39. The molecule has 0 bridgehead atoms. The summed E-state index contributed by atoms with van der Waals surface area (Å²) in [6.45, 7) is 3.59. The zero-order valence-electron chi connectivity index (χ0n) is 21.4. The van der Waals surface area contributed by atoms with Crippen molar-refractivity contribution in [2.24, 2.45) is 5.73 Å². The molecule has 3 saturated heterocycles. The number of carbonyl (C=O) groups is 3. The number of nitrogens with zero attached hydrogens (tertiary/aromatic N) is 4. The number of nitrogens with two attached hydrogens (primary N) is 1. The van der Waals surface area contributed by atoms with E-state index < -0.39 is 28.2 Å². The Hall–Kier alpha value is -2.58. The summed E-state index contributed by atoms with van der Waals surface area (Å²) < 4.78 is 26.8. The lowest BCUT2D eigenvalue weighted by Crippen LogP contribution is -2.52. The third-order valence-electron chi connectivity index (χ3n) is 8.14. The molecule has 4 N–H and O–H groups in total. The Morgan fingerprint density at radius 2 is 1.74 bits per heavy atom. The number of rotatable bonds is 7. The maximum absolute atomic E-state index is 13.1. The number of nitrogens with one attached hydrogen (secondary N) is 1. The molecule has 12 nitrogen and oxygen atoms in total. The lowest BCUT2D eigenvalue weighted by molar-refractivity contribution is -0.136. The van der Waals surface area contributed by atoms with Gasteiger partial charge >= 0.3 is 0 Å². The van der Waals surface area contributed by atoms with Gasteiger partial charge in [-0.1, -0.05) is 6.07 Å². The molecule has 1 aromatic carbocycles. The van der Waals surface area contributed by atoms with Crippen LogP contribution in [0.1, 0.15) is 48.0 Å². The molecule has 38 heavy (non-hydrogen) atoms. The summed E-state index contributed by atoms with van der Waals surface area (Å²) in [7, 11) is -3.42. The van der Waals surface area contributed by atoms with Gasteiger partial charge < -0.3 is 20.6 Å². The Morgan fingerprint density at radius 1 is 1.03 bits per heavy atom. The highest BCUT2D eigenvalue weighted by Crippen LogP contribution is 2.31. The van der Waals surface area contributed by atoms with Gasteiger partial charge in [0, 0.05) is 75.9 Å². The van der Waals surface area contributed by atoms with E-state index in [-0.39, 0.29) is 36.5 Å². The summed E-state index contributed by atoms with van der Waals surface area (Å²) in [6.07, 6.45) is 1.17. The lowest BCUT2D eigenvalue weighted by Gasteiger charge is -2.38. The predicted octanol–water partition coefficient (Wildman–Crippen LogP) is -0.969. The number of fused-ring (bicyclic) bond motifs is 1. The number of sulfonamides is 1. The van der Waals surface area contributed by atoms with E-state index in [9.17, 15) is 27.9 Å². The van der Waals surface area contributed by atoms with Gasteiger partial charge in [-0.2, -0.15) is 0 Å². The number of amides is 3. The molecule has 0 aliphatic carbocycles. The molecule has 4 aliphatic rings. The highest BCUT2D eigenvalue weighted by atomic mass is 32.2. The first-order valence-corrected chi connectivity index (χ1v) is 14.9. The number of benzene rings is 1. The summed E-state index contributed by atoms with van der Waals surface area (Å²) in [5, 5.41) is 13.0. The zero-order valence-corrected chi connectivity index (χ0v) is 22.2. The minimum absolute atomic E-state index is 0.0522. The van der Waals surface area contributed by atoms with Gasteiger partial charge in [0.05, 0.1) is 5.75 Å². The molecule has 0 aromatic heterocycles. The second-order valence-corrected chi connectivity index (χ2v) is 12.7. The smallest absolute Gasteiger partial charge is 0.255 e. The number of piperidine rings is 2. The normalized spacial score (nSPS) is 25.0. The lowest BCUT2D eigenvalue weighted by atomic mass is 10.0. The molecule has 2 atom stereocenters. The molecular formula is C25H36N6O6S. The molecule has 2 unspecified atom stereocenters. The first-order chi connectivity index (χ1) is 18.1. The van der Waals surface area contributed by atoms with E-state index in [0.717, 1.165) is 11.3 Å². The number of hydrogen-bond acceptors (Lipinski definition) is 9. The maximum atomic E-state index is 13.1. The average molecular weight is 549 g/mol. The van der Waals surface area contributed by atoms with Crippen molar-refractivity contribution < 1.29 is 27.9 Å². The van der Waals surface area contributed by atoms with Crippen LogP contribution in [-0.2, 0) is 26.2 Å². The summed E-state index contributed by atoms with van der Waals surface area (Å²) in [4.78, 5) is 42.5. The molecule has 0 spiro atoms. The van der Waals surface area contributed by atoms with Crippen molar-refractivity contribution in [1.29, 1.82) is 0 Å². The first kappa shape index (κ1) is 27.0. The van der Waals surface area contributed by atoms with E-state index in [1.54, 1.807) is 0 Å². The van der Waals surface area contributed by atoms with Gasteiger partial charge in [-0.3, -0.25) is 24.6 Å². The first-order valence-electron chi connectivity index (χ1n) is 13.3. The average Bonchev–Trinajstić information content (AvgIpc) is 3.23. The molecule has 0 saturated carbocycles. The Balaban J connectivity index is 1.14. The van der Waals surface area contributed by atoms with Crippen molar-refractivity contribution in [3.8, 4) is 0 Å². The van der Waals surface area contributed by atoms with E-state index >= 15 is 0 Å². The van der Waals surface area contributed by atoms with Gasteiger partial charge in [0.2, 0.25) is 21.8 Å². The maximum Gasteiger partial charge on any atom is 0.255 e. The number of imide groups is 1. The number of aliphatic hydroxyl groups is 1. The van der Waals surface area contributed by atoms with Crippen molar-refractivity contribution in [3.63, 3.8) is 0 Å². The van der Waals surface area contributed by atoms with Crippen molar-refractivity contribution >= 4 is 33.4 Å². The molecule has 5 rings (SSSR count). The minimum Gasteiger partial charge on any atom is -0.378 e. The fourth-order valence-electron chi connectivity index (χ4n) is 5.74. The van der Waals surface area contributed by atoms with Crippen LogP contribution in [-0.4, -0.2) is 109 Å². The Morgan fingerprint density at radius 3 is 2.42 bits per heavy atom. The second kappa shape index (κ2) is 10.9. The van der Waals surface area contributed by atoms with Gasteiger partial charge in [0.1, 0.15) is 12.3 Å². The number of anilines is 1. The topological polar surface area (TPSA) is 157 Å². The van der Waals surface area contributed by atoms with Gasteiger partial charge in [-0.05, 0) is 37.0 Å². The van der Waals surface area contributed by atoms with Crippen LogP contribution in [0.15, 0.2) is 18.2 Å². The molecule has 3 fully saturated rings. The zero-order chi connectivity index (χ0) is 27.0. The third-order valence-corrected chi connectivity index (χ3v) is 10.0. The van der Waals surface area contributed by atoms with Crippen LogP contribution in [0.5, 0.6) is 0 Å². The van der Waals surface area contributed by atoms with E-state index in [4.69, 9.17) is 5.73 Å². The van der Waals surface area contributed by atoms with E-state index in [0.29, 0.717) is 70.6 Å². The van der Waals surface area contributed by atoms with Crippen LogP contribution < -0.4 is 16.0 Å². The van der Waals surface area contributed by atoms with Crippen molar-refractivity contribution in [2.45, 2.75) is 57.0 Å². The van der Waals surface area contributed by atoms with E-state index in [2.05, 4.69) is 10.2 Å². The summed E-state index contributed by atoms with van der Waals surface area (Å²) in [5.74, 6) is -1.04.